The standard InChI is InChI=1S/C19H15FN6O3S2/c1-10-17(18(27)23-12-3-5-13(6-4-12)31(21,28)29)19(30-26-10)25-16-9-22-15-8-11(20)2-7-14(15)24-16/h2-9H,1H3,(H,23,27)(H,24,25)(H2,21,28,29). The highest BCUT2D eigenvalue weighted by Crippen LogP contribution is 2.29. The summed E-state index contributed by atoms with van der Waals surface area (Å²) in [6, 6.07) is 9.56. The number of primary sulfonamides is 1. The molecule has 2 heterocycles. The van der Waals surface area contributed by atoms with Crippen LogP contribution < -0.4 is 15.8 Å². The highest BCUT2D eigenvalue weighted by molar-refractivity contribution is 7.89. The minimum atomic E-state index is -3.82. The Kier molecular flexibility index (Phi) is 5.35. The second kappa shape index (κ2) is 7.98. The summed E-state index contributed by atoms with van der Waals surface area (Å²) in [6.07, 6.45) is 1.44. The van der Waals surface area contributed by atoms with Gasteiger partial charge < -0.3 is 10.6 Å². The smallest absolute Gasteiger partial charge is 0.260 e. The van der Waals surface area contributed by atoms with Gasteiger partial charge in [0.05, 0.1) is 33.4 Å². The van der Waals surface area contributed by atoms with E-state index in [9.17, 15) is 17.6 Å². The molecule has 4 rings (SSSR count). The molecule has 31 heavy (non-hydrogen) atoms. The molecule has 0 atom stereocenters. The molecule has 1 amide bonds. The van der Waals surface area contributed by atoms with Crippen molar-refractivity contribution in [1.82, 2.24) is 14.3 Å². The van der Waals surface area contributed by atoms with Gasteiger partial charge in [0, 0.05) is 11.8 Å². The fourth-order valence-corrected chi connectivity index (χ4v) is 4.12. The fraction of sp³-hybridized carbons (Fsp3) is 0.0526. The minimum Gasteiger partial charge on any atom is -0.329 e. The van der Waals surface area contributed by atoms with Gasteiger partial charge in [0.2, 0.25) is 10.0 Å². The molecule has 2 aromatic carbocycles. The van der Waals surface area contributed by atoms with E-state index < -0.39 is 21.7 Å². The molecular weight excluding hydrogens is 443 g/mol. The Morgan fingerprint density at radius 1 is 1.13 bits per heavy atom. The number of benzene rings is 2. The first-order chi connectivity index (χ1) is 14.7. The Balaban J connectivity index is 1.57. The topological polar surface area (TPSA) is 140 Å². The SMILES string of the molecule is Cc1nsc(Nc2cnc3cc(F)ccc3n2)c1C(=O)Nc1ccc(S(N)(=O)=O)cc1. The number of nitrogens with two attached hydrogens (primary N) is 1. The van der Waals surface area contributed by atoms with Crippen LogP contribution >= 0.6 is 11.5 Å². The number of aromatic nitrogens is 3. The van der Waals surface area contributed by atoms with Gasteiger partial charge in [-0.05, 0) is 54.9 Å². The van der Waals surface area contributed by atoms with Gasteiger partial charge in [-0.1, -0.05) is 0 Å². The van der Waals surface area contributed by atoms with Gasteiger partial charge in [-0.2, -0.15) is 4.37 Å². The zero-order chi connectivity index (χ0) is 22.2. The molecule has 4 aromatic rings. The quantitative estimate of drug-likeness (QED) is 0.417. The number of nitrogens with zero attached hydrogens (tertiary/aromatic N) is 3. The van der Waals surface area contributed by atoms with Gasteiger partial charge >= 0.3 is 0 Å². The third-order valence-electron chi connectivity index (χ3n) is 4.28. The largest absolute Gasteiger partial charge is 0.329 e. The first kappa shape index (κ1) is 20.8. The summed E-state index contributed by atoms with van der Waals surface area (Å²) in [4.78, 5) is 21.3. The van der Waals surface area contributed by atoms with Gasteiger partial charge in [0.25, 0.3) is 5.91 Å². The Morgan fingerprint density at radius 3 is 2.58 bits per heavy atom. The van der Waals surface area contributed by atoms with Crippen molar-refractivity contribution in [3.8, 4) is 0 Å². The molecule has 158 valence electrons. The number of fused-ring (bicyclic) bond motifs is 1. The lowest BCUT2D eigenvalue weighted by atomic mass is 10.2. The summed E-state index contributed by atoms with van der Waals surface area (Å²) in [5, 5.41) is 11.3. The summed E-state index contributed by atoms with van der Waals surface area (Å²) < 4.78 is 40.3. The molecule has 0 aliphatic heterocycles. The van der Waals surface area contributed by atoms with Crippen LogP contribution in [-0.4, -0.2) is 28.7 Å². The van der Waals surface area contributed by atoms with Crippen LogP contribution in [0.5, 0.6) is 0 Å². The molecular formula is C19H15FN6O3S2. The van der Waals surface area contributed by atoms with Gasteiger partial charge in [-0.25, -0.2) is 22.9 Å². The highest BCUT2D eigenvalue weighted by atomic mass is 32.2. The van der Waals surface area contributed by atoms with E-state index in [-0.39, 0.29) is 4.90 Å². The summed E-state index contributed by atoms with van der Waals surface area (Å²) in [5.41, 5.74) is 2.10. The predicted octanol–water partition coefficient (Wildman–Crippen LogP) is 3.18. The number of rotatable bonds is 5. The van der Waals surface area contributed by atoms with Crippen LogP contribution in [0, 0.1) is 12.7 Å². The second-order valence-electron chi connectivity index (χ2n) is 6.51. The van der Waals surface area contributed by atoms with Crippen LogP contribution in [0.1, 0.15) is 16.1 Å². The van der Waals surface area contributed by atoms with Crippen LogP contribution in [0.2, 0.25) is 0 Å². The first-order valence-electron chi connectivity index (χ1n) is 8.80. The van der Waals surface area contributed by atoms with Crippen LogP contribution in [0.25, 0.3) is 11.0 Å². The van der Waals surface area contributed by atoms with Crippen LogP contribution in [0.3, 0.4) is 0 Å². The minimum absolute atomic E-state index is 0.0593. The van der Waals surface area contributed by atoms with Gasteiger partial charge in [0.15, 0.2) is 0 Å². The molecule has 0 fully saturated rings. The van der Waals surface area contributed by atoms with Crippen molar-refractivity contribution in [2.75, 3.05) is 10.6 Å². The molecule has 0 bridgehead atoms. The third kappa shape index (κ3) is 4.50. The van der Waals surface area contributed by atoms with Gasteiger partial charge in [-0.3, -0.25) is 9.78 Å². The number of sulfonamides is 1. The molecule has 12 heteroatoms. The Morgan fingerprint density at radius 2 is 1.87 bits per heavy atom. The van der Waals surface area contributed by atoms with Crippen molar-refractivity contribution < 1.29 is 17.6 Å². The number of carbonyl (C=O) groups is 1. The highest BCUT2D eigenvalue weighted by Gasteiger charge is 2.20. The zero-order valence-corrected chi connectivity index (χ0v) is 17.6. The Labute approximate surface area is 180 Å². The van der Waals surface area contributed by atoms with E-state index in [1.807, 2.05) is 0 Å². The fourth-order valence-electron chi connectivity index (χ4n) is 2.80. The number of aryl methyl sites for hydroxylation is 1. The summed E-state index contributed by atoms with van der Waals surface area (Å²) in [5.74, 6) is -0.473. The van der Waals surface area contributed by atoms with E-state index >= 15 is 0 Å². The number of halogens is 1. The van der Waals surface area contributed by atoms with Crippen molar-refractivity contribution in [1.29, 1.82) is 0 Å². The number of carbonyl (C=O) groups excluding carboxylic acids is 1. The van der Waals surface area contributed by atoms with Crippen molar-refractivity contribution in [2.45, 2.75) is 11.8 Å². The molecule has 0 aliphatic rings. The van der Waals surface area contributed by atoms with E-state index in [0.717, 1.165) is 11.5 Å². The first-order valence-corrected chi connectivity index (χ1v) is 11.1. The predicted molar refractivity (Wildman–Crippen MR) is 115 cm³/mol. The number of anilines is 3. The van der Waals surface area contributed by atoms with Crippen molar-refractivity contribution in [3.05, 3.63) is 65.7 Å². The summed E-state index contributed by atoms with van der Waals surface area (Å²) in [7, 11) is -3.82. The van der Waals surface area contributed by atoms with Gasteiger partial charge in [-0.15, -0.1) is 0 Å². The average Bonchev–Trinajstić information content (AvgIpc) is 3.08. The Bertz CT molecular complexity index is 1400. The van der Waals surface area contributed by atoms with Crippen molar-refractivity contribution in [2.24, 2.45) is 5.14 Å². The maximum absolute atomic E-state index is 13.3. The number of nitrogens with one attached hydrogen (secondary N) is 2. The van der Waals surface area contributed by atoms with E-state index in [4.69, 9.17) is 5.14 Å². The van der Waals surface area contributed by atoms with Crippen LogP contribution in [0.15, 0.2) is 53.6 Å². The van der Waals surface area contributed by atoms with Crippen LogP contribution in [0.4, 0.5) is 20.9 Å². The molecule has 9 nitrogen and oxygen atoms in total. The number of hydrogen-bond acceptors (Lipinski definition) is 8. The average molecular weight is 459 g/mol. The lowest BCUT2D eigenvalue weighted by Gasteiger charge is -2.09. The van der Waals surface area contributed by atoms with E-state index in [1.165, 1.54) is 48.7 Å². The zero-order valence-electron chi connectivity index (χ0n) is 16.0. The van der Waals surface area contributed by atoms with Gasteiger partial charge in [0.1, 0.15) is 16.6 Å². The van der Waals surface area contributed by atoms with E-state index in [2.05, 4.69) is 25.0 Å². The normalized spacial score (nSPS) is 11.5. The van der Waals surface area contributed by atoms with E-state index in [0.29, 0.717) is 38.8 Å². The lowest BCUT2D eigenvalue weighted by molar-refractivity contribution is 0.102. The Hall–Kier alpha value is -3.48. The molecule has 0 saturated carbocycles. The summed E-state index contributed by atoms with van der Waals surface area (Å²) in [6.45, 7) is 1.69. The molecule has 0 unspecified atom stereocenters. The lowest BCUT2D eigenvalue weighted by Crippen LogP contribution is -2.15. The second-order valence-corrected chi connectivity index (χ2v) is 8.84. The van der Waals surface area contributed by atoms with E-state index in [1.54, 1.807) is 6.92 Å². The van der Waals surface area contributed by atoms with Crippen LogP contribution in [-0.2, 0) is 10.0 Å². The van der Waals surface area contributed by atoms with Crippen molar-refractivity contribution >= 4 is 55.0 Å². The van der Waals surface area contributed by atoms with Crippen molar-refractivity contribution in [3.63, 3.8) is 0 Å². The third-order valence-corrected chi connectivity index (χ3v) is 6.06. The summed E-state index contributed by atoms with van der Waals surface area (Å²) >= 11 is 1.08. The molecule has 0 radical (unpaired) electrons. The molecule has 2 aromatic heterocycles. The molecule has 0 saturated heterocycles. The monoisotopic (exact) mass is 458 g/mol. The number of amides is 1. The molecule has 4 N–H and O–H groups in total. The maximum Gasteiger partial charge on any atom is 0.260 e. The maximum atomic E-state index is 13.3. The molecule has 0 spiro atoms. The number of hydrogen-bond donors (Lipinski definition) is 3. The molecule has 0 aliphatic carbocycles.